The van der Waals surface area contributed by atoms with Crippen molar-refractivity contribution in [3.8, 4) is 0 Å². The number of nitrogens with two attached hydrogens (primary N) is 1. The predicted molar refractivity (Wildman–Crippen MR) is 69.1 cm³/mol. The molecule has 2 aliphatic rings. The largest absolute Gasteiger partial charge is 0.373 e. The van der Waals surface area contributed by atoms with Crippen LogP contribution >= 0.6 is 0 Å². The number of rotatable bonds is 4. The van der Waals surface area contributed by atoms with Crippen molar-refractivity contribution in [2.24, 2.45) is 10.7 Å². The van der Waals surface area contributed by atoms with Crippen molar-refractivity contribution in [2.75, 3.05) is 32.8 Å². The lowest BCUT2D eigenvalue weighted by molar-refractivity contribution is -0.0850. The molecule has 2 fully saturated rings. The lowest BCUT2D eigenvalue weighted by Crippen LogP contribution is -2.49. The zero-order chi connectivity index (χ0) is 12.3. The second-order valence-electron chi connectivity index (χ2n) is 5.57. The van der Waals surface area contributed by atoms with Crippen LogP contribution in [0.2, 0.25) is 0 Å². The molecule has 98 valence electrons. The Morgan fingerprint density at radius 2 is 2.29 bits per heavy atom. The average molecular weight is 240 g/mol. The molecular weight excluding hydrogens is 216 g/mol. The van der Waals surface area contributed by atoms with Gasteiger partial charge in [-0.15, -0.1) is 0 Å². The Morgan fingerprint density at radius 3 is 2.94 bits per heavy atom. The predicted octanol–water partition coefficient (Wildman–Crippen LogP) is 0.164. The van der Waals surface area contributed by atoms with Crippen LogP contribution in [0.15, 0.2) is 4.99 Å². The van der Waals surface area contributed by atoms with E-state index in [2.05, 4.69) is 29.1 Å². The van der Waals surface area contributed by atoms with Crippen molar-refractivity contribution in [3.05, 3.63) is 0 Å². The molecule has 5 nitrogen and oxygen atoms in total. The highest BCUT2D eigenvalue weighted by Crippen LogP contribution is 2.18. The van der Waals surface area contributed by atoms with Gasteiger partial charge >= 0.3 is 0 Å². The molecule has 5 heteroatoms. The molecule has 0 radical (unpaired) electrons. The average Bonchev–Trinajstić information content (AvgIpc) is 3.00. The fourth-order valence-electron chi connectivity index (χ4n) is 2.10. The van der Waals surface area contributed by atoms with Crippen LogP contribution in [0.3, 0.4) is 0 Å². The number of guanidine groups is 1. The fraction of sp³-hybridized carbons (Fsp3) is 0.917. The summed E-state index contributed by atoms with van der Waals surface area (Å²) in [4.78, 5) is 6.73. The van der Waals surface area contributed by atoms with Crippen molar-refractivity contribution in [1.82, 2.24) is 10.2 Å². The standard InChI is InChI=1S/C12H24N4O/c1-12(2)9-16(7-8-17-12)6-5-14-11(13)15-10-3-4-10/h10H,3-9H2,1-2H3,(H3,13,14,15). The normalized spacial score (nSPS) is 25.9. The van der Waals surface area contributed by atoms with Gasteiger partial charge in [0, 0.05) is 25.7 Å². The lowest BCUT2D eigenvalue weighted by atomic mass is 10.1. The SMILES string of the molecule is CC1(C)CN(CCN=C(N)NC2CC2)CCO1. The molecule has 0 bridgehead atoms. The minimum absolute atomic E-state index is 0.0280. The van der Waals surface area contributed by atoms with Gasteiger partial charge in [0.1, 0.15) is 0 Å². The van der Waals surface area contributed by atoms with Gasteiger partial charge in [0.15, 0.2) is 5.96 Å². The highest BCUT2D eigenvalue weighted by molar-refractivity contribution is 5.78. The maximum absolute atomic E-state index is 5.78. The molecule has 3 N–H and O–H groups in total. The lowest BCUT2D eigenvalue weighted by Gasteiger charge is -2.37. The van der Waals surface area contributed by atoms with Crippen molar-refractivity contribution >= 4 is 5.96 Å². The first-order valence-corrected chi connectivity index (χ1v) is 6.48. The van der Waals surface area contributed by atoms with E-state index in [1.807, 2.05) is 0 Å². The summed E-state index contributed by atoms with van der Waals surface area (Å²) in [6.07, 6.45) is 2.46. The van der Waals surface area contributed by atoms with Crippen LogP contribution in [-0.4, -0.2) is 55.3 Å². The van der Waals surface area contributed by atoms with Gasteiger partial charge < -0.3 is 15.8 Å². The Bertz CT molecular complexity index is 286. The fourth-order valence-corrected chi connectivity index (χ4v) is 2.10. The summed E-state index contributed by atoms with van der Waals surface area (Å²) in [5, 5.41) is 3.19. The molecule has 0 aromatic heterocycles. The van der Waals surface area contributed by atoms with E-state index in [9.17, 15) is 0 Å². The highest BCUT2D eigenvalue weighted by Gasteiger charge is 2.26. The molecule has 1 saturated heterocycles. The smallest absolute Gasteiger partial charge is 0.188 e. The van der Waals surface area contributed by atoms with Gasteiger partial charge in [0.2, 0.25) is 0 Å². The second-order valence-corrected chi connectivity index (χ2v) is 5.57. The van der Waals surface area contributed by atoms with Crippen LogP contribution in [0.25, 0.3) is 0 Å². The summed E-state index contributed by atoms with van der Waals surface area (Å²) < 4.78 is 5.67. The quantitative estimate of drug-likeness (QED) is 0.543. The second kappa shape index (κ2) is 5.23. The van der Waals surface area contributed by atoms with Crippen LogP contribution < -0.4 is 11.1 Å². The number of nitrogens with zero attached hydrogens (tertiary/aromatic N) is 2. The Hall–Kier alpha value is -0.810. The first kappa shape index (κ1) is 12.6. The van der Waals surface area contributed by atoms with E-state index in [0.29, 0.717) is 12.0 Å². The number of aliphatic imine (C=N–C) groups is 1. The first-order valence-electron chi connectivity index (χ1n) is 6.48. The van der Waals surface area contributed by atoms with Crippen LogP contribution in [0.4, 0.5) is 0 Å². The van der Waals surface area contributed by atoms with E-state index < -0.39 is 0 Å². The molecule has 0 aromatic carbocycles. The van der Waals surface area contributed by atoms with Crippen LogP contribution in [-0.2, 0) is 4.74 Å². The van der Waals surface area contributed by atoms with Crippen molar-refractivity contribution in [3.63, 3.8) is 0 Å². The maximum Gasteiger partial charge on any atom is 0.188 e. The van der Waals surface area contributed by atoms with E-state index in [1.54, 1.807) is 0 Å². The summed E-state index contributed by atoms with van der Waals surface area (Å²) in [6, 6.07) is 0.584. The molecule has 1 aliphatic heterocycles. The minimum atomic E-state index is -0.0280. The van der Waals surface area contributed by atoms with Crippen LogP contribution in [0.1, 0.15) is 26.7 Å². The van der Waals surface area contributed by atoms with Gasteiger partial charge in [0.05, 0.1) is 18.8 Å². The van der Waals surface area contributed by atoms with E-state index in [4.69, 9.17) is 10.5 Å². The monoisotopic (exact) mass is 240 g/mol. The molecular formula is C12H24N4O. The highest BCUT2D eigenvalue weighted by atomic mass is 16.5. The molecule has 0 aromatic rings. The number of hydrogen-bond donors (Lipinski definition) is 2. The molecule has 1 aliphatic carbocycles. The maximum atomic E-state index is 5.78. The van der Waals surface area contributed by atoms with E-state index in [-0.39, 0.29) is 5.60 Å². The van der Waals surface area contributed by atoms with Gasteiger partial charge in [-0.05, 0) is 26.7 Å². The third kappa shape index (κ3) is 4.52. The Morgan fingerprint density at radius 1 is 1.53 bits per heavy atom. The third-order valence-corrected chi connectivity index (χ3v) is 3.13. The minimum Gasteiger partial charge on any atom is -0.373 e. The molecule has 0 unspecified atom stereocenters. The van der Waals surface area contributed by atoms with Gasteiger partial charge in [0.25, 0.3) is 0 Å². The van der Waals surface area contributed by atoms with Gasteiger partial charge in [-0.3, -0.25) is 9.89 Å². The number of nitrogens with one attached hydrogen (secondary N) is 1. The van der Waals surface area contributed by atoms with Crippen LogP contribution in [0, 0.1) is 0 Å². The number of morpholine rings is 1. The zero-order valence-corrected chi connectivity index (χ0v) is 10.9. The third-order valence-electron chi connectivity index (χ3n) is 3.13. The summed E-state index contributed by atoms with van der Waals surface area (Å²) in [5.41, 5.74) is 5.75. The number of hydrogen-bond acceptors (Lipinski definition) is 3. The topological polar surface area (TPSA) is 62.9 Å². The summed E-state index contributed by atoms with van der Waals surface area (Å²) >= 11 is 0. The van der Waals surface area contributed by atoms with Crippen LogP contribution in [0.5, 0.6) is 0 Å². The van der Waals surface area contributed by atoms with Gasteiger partial charge in [-0.1, -0.05) is 0 Å². The first-order chi connectivity index (χ1) is 8.05. The summed E-state index contributed by atoms with van der Waals surface area (Å²) in [5.74, 6) is 0.597. The Labute approximate surface area is 103 Å². The van der Waals surface area contributed by atoms with Crippen molar-refractivity contribution < 1.29 is 4.74 Å². The zero-order valence-electron chi connectivity index (χ0n) is 10.9. The molecule has 0 atom stereocenters. The number of ether oxygens (including phenoxy) is 1. The van der Waals surface area contributed by atoms with Crippen molar-refractivity contribution in [1.29, 1.82) is 0 Å². The molecule has 0 spiro atoms. The molecule has 1 saturated carbocycles. The van der Waals surface area contributed by atoms with E-state index in [0.717, 1.165) is 32.8 Å². The molecule has 17 heavy (non-hydrogen) atoms. The van der Waals surface area contributed by atoms with Crippen molar-refractivity contribution in [2.45, 2.75) is 38.3 Å². The van der Waals surface area contributed by atoms with E-state index in [1.165, 1.54) is 12.8 Å². The Balaban J connectivity index is 1.66. The molecule has 2 rings (SSSR count). The summed E-state index contributed by atoms with van der Waals surface area (Å²) in [6.45, 7) is 8.76. The molecule has 0 amide bonds. The Kier molecular flexibility index (Phi) is 3.89. The summed E-state index contributed by atoms with van der Waals surface area (Å²) in [7, 11) is 0. The van der Waals surface area contributed by atoms with Gasteiger partial charge in [-0.2, -0.15) is 0 Å². The van der Waals surface area contributed by atoms with E-state index >= 15 is 0 Å². The van der Waals surface area contributed by atoms with Gasteiger partial charge in [-0.25, -0.2) is 0 Å². The molecule has 1 heterocycles.